The Morgan fingerprint density at radius 3 is 2.74 bits per heavy atom. The fourth-order valence-electron chi connectivity index (χ4n) is 2.80. The first-order valence-corrected chi connectivity index (χ1v) is 7.22. The van der Waals surface area contributed by atoms with E-state index in [0.29, 0.717) is 0 Å². The monoisotopic (exact) mass is 260 g/mol. The SMILES string of the molecule is CCC1(C(=O)NC(C)Cc2ccccc2)CCNC1. The van der Waals surface area contributed by atoms with Gasteiger partial charge in [0.05, 0.1) is 5.41 Å². The molecule has 2 rings (SSSR count). The van der Waals surface area contributed by atoms with Crippen molar-refractivity contribution in [1.29, 1.82) is 0 Å². The molecule has 104 valence electrons. The average Bonchev–Trinajstić information content (AvgIpc) is 2.89. The van der Waals surface area contributed by atoms with Gasteiger partial charge < -0.3 is 10.6 Å². The lowest BCUT2D eigenvalue weighted by Crippen LogP contribution is -2.46. The van der Waals surface area contributed by atoms with Gasteiger partial charge in [0.15, 0.2) is 0 Å². The molecule has 0 aromatic heterocycles. The molecule has 3 heteroatoms. The summed E-state index contributed by atoms with van der Waals surface area (Å²) in [4.78, 5) is 12.4. The van der Waals surface area contributed by atoms with Gasteiger partial charge in [-0.2, -0.15) is 0 Å². The molecule has 2 unspecified atom stereocenters. The van der Waals surface area contributed by atoms with Gasteiger partial charge >= 0.3 is 0 Å². The van der Waals surface area contributed by atoms with Crippen LogP contribution in [0.4, 0.5) is 0 Å². The fraction of sp³-hybridized carbons (Fsp3) is 0.562. The minimum Gasteiger partial charge on any atom is -0.353 e. The largest absolute Gasteiger partial charge is 0.353 e. The highest BCUT2D eigenvalue weighted by Crippen LogP contribution is 2.29. The molecule has 1 aromatic carbocycles. The van der Waals surface area contributed by atoms with Gasteiger partial charge in [-0.05, 0) is 38.3 Å². The minimum atomic E-state index is -0.190. The molecular formula is C16H24N2O. The van der Waals surface area contributed by atoms with Crippen LogP contribution >= 0.6 is 0 Å². The van der Waals surface area contributed by atoms with Crippen LogP contribution < -0.4 is 10.6 Å². The first-order valence-electron chi connectivity index (χ1n) is 7.22. The van der Waals surface area contributed by atoms with Crippen LogP contribution in [-0.2, 0) is 11.2 Å². The van der Waals surface area contributed by atoms with Gasteiger partial charge in [-0.15, -0.1) is 0 Å². The molecule has 1 fully saturated rings. The summed E-state index contributed by atoms with van der Waals surface area (Å²) in [7, 11) is 0. The molecule has 0 radical (unpaired) electrons. The zero-order valence-electron chi connectivity index (χ0n) is 11.9. The third-order valence-corrected chi connectivity index (χ3v) is 4.16. The number of benzene rings is 1. The van der Waals surface area contributed by atoms with Crippen molar-refractivity contribution >= 4 is 5.91 Å². The Balaban J connectivity index is 1.91. The maximum Gasteiger partial charge on any atom is 0.227 e. The zero-order chi connectivity index (χ0) is 13.7. The van der Waals surface area contributed by atoms with E-state index in [1.807, 2.05) is 18.2 Å². The van der Waals surface area contributed by atoms with Crippen LogP contribution in [0, 0.1) is 5.41 Å². The molecule has 3 nitrogen and oxygen atoms in total. The second-order valence-electron chi connectivity index (χ2n) is 5.62. The Hall–Kier alpha value is -1.35. The van der Waals surface area contributed by atoms with Crippen molar-refractivity contribution in [2.24, 2.45) is 5.41 Å². The van der Waals surface area contributed by atoms with E-state index in [9.17, 15) is 4.79 Å². The van der Waals surface area contributed by atoms with Gasteiger partial charge in [0.2, 0.25) is 5.91 Å². The van der Waals surface area contributed by atoms with Crippen LogP contribution in [0.2, 0.25) is 0 Å². The van der Waals surface area contributed by atoms with E-state index in [-0.39, 0.29) is 17.4 Å². The summed E-state index contributed by atoms with van der Waals surface area (Å²) in [6, 6.07) is 10.5. The molecule has 19 heavy (non-hydrogen) atoms. The summed E-state index contributed by atoms with van der Waals surface area (Å²) in [5, 5.41) is 6.49. The second-order valence-corrected chi connectivity index (χ2v) is 5.62. The molecule has 1 saturated heterocycles. The van der Waals surface area contributed by atoms with Gasteiger partial charge in [-0.25, -0.2) is 0 Å². The van der Waals surface area contributed by atoms with Crippen molar-refractivity contribution in [1.82, 2.24) is 10.6 Å². The zero-order valence-corrected chi connectivity index (χ0v) is 11.9. The smallest absolute Gasteiger partial charge is 0.227 e. The Kier molecular flexibility index (Phi) is 4.59. The average molecular weight is 260 g/mol. The highest BCUT2D eigenvalue weighted by Gasteiger charge is 2.39. The lowest BCUT2D eigenvalue weighted by Gasteiger charge is -2.27. The van der Waals surface area contributed by atoms with Crippen LogP contribution in [0.3, 0.4) is 0 Å². The molecule has 2 N–H and O–H groups in total. The lowest BCUT2D eigenvalue weighted by atomic mass is 9.83. The summed E-state index contributed by atoms with van der Waals surface area (Å²) in [5.74, 6) is 0.212. The summed E-state index contributed by atoms with van der Waals surface area (Å²) in [5.41, 5.74) is 1.08. The number of carbonyl (C=O) groups excluding carboxylic acids is 1. The van der Waals surface area contributed by atoms with Crippen LogP contribution in [0.1, 0.15) is 32.3 Å². The molecule has 0 bridgehead atoms. The van der Waals surface area contributed by atoms with Crippen LogP contribution in [-0.4, -0.2) is 25.0 Å². The van der Waals surface area contributed by atoms with E-state index in [4.69, 9.17) is 0 Å². The van der Waals surface area contributed by atoms with Crippen molar-refractivity contribution < 1.29 is 4.79 Å². The van der Waals surface area contributed by atoms with E-state index in [2.05, 4.69) is 36.6 Å². The topological polar surface area (TPSA) is 41.1 Å². The van der Waals surface area contributed by atoms with E-state index < -0.39 is 0 Å². The molecule has 1 amide bonds. The number of carbonyl (C=O) groups is 1. The Morgan fingerprint density at radius 2 is 2.16 bits per heavy atom. The first kappa shape index (κ1) is 14.1. The van der Waals surface area contributed by atoms with Crippen molar-refractivity contribution in [3.05, 3.63) is 35.9 Å². The molecule has 0 aliphatic carbocycles. The van der Waals surface area contributed by atoms with Crippen molar-refractivity contribution in [3.8, 4) is 0 Å². The Labute approximate surface area is 115 Å². The number of hydrogen-bond acceptors (Lipinski definition) is 2. The number of hydrogen-bond donors (Lipinski definition) is 2. The van der Waals surface area contributed by atoms with Crippen molar-refractivity contribution in [2.45, 2.75) is 39.2 Å². The van der Waals surface area contributed by atoms with Crippen molar-refractivity contribution in [3.63, 3.8) is 0 Å². The Bertz CT molecular complexity index is 410. The predicted octanol–water partition coefficient (Wildman–Crippen LogP) is 2.12. The van der Waals surface area contributed by atoms with Crippen LogP contribution in [0.15, 0.2) is 30.3 Å². The molecule has 1 heterocycles. The quantitative estimate of drug-likeness (QED) is 0.851. The Morgan fingerprint density at radius 1 is 1.42 bits per heavy atom. The van der Waals surface area contributed by atoms with Crippen LogP contribution in [0.25, 0.3) is 0 Å². The molecule has 0 saturated carbocycles. The molecule has 1 aliphatic heterocycles. The van der Waals surface area contributed by atoms with Gasteiger partial charge in [-0.1, -0.05) is 37.3 Å². The number of rotatable bonds is 5. The first-order chi connectivity index (χ1) is 9.16. The maximum atomic E-state index is 12.4. The van der Waals surface area contributed by atoms with E-state index >= 15 is 0 Å². The molecule has 1 aromatic rings. The summed E-state index contributed by atoms with van der Waals surface area (Å²) < 4.78 is 0. The highest BCUT2D eigenvalue weighted by atomic mass is 16.2. The van der Waals surface area contributed by atoms with Crippen LogP contribution in [0.5, 0.6) is 0 Å². The van der Waals surface area contributed by atoms with Gasteiger partial charge in [0, 0.05) is 12.6 Å². The third-order valence-electron chi connectivity index (χ3n) is 4.16. The van der Waals surface area contributed by atoms with Gasteiger partial charge in [0.25, 0.3) is 0 Å². The summed E-state index contributed by atoms with van der Waals surface area (Å²) in [6.07, 6.45) is 2.75. The molecule has 0 spiro atoms. The maximum absolute atomic E-state index is 12.4. The molecular weight excluding hydrogens is 236 g/mol. The highest BCUT2D eigenvalue weighted by molar-refractivity contribution is 5.83. The summed E-state index contributed by atoms with van der Waals surface area (Å²) in [6.45, 7) is 5.95. The normalized spacial score (nSPS) is 24.1. The van der Waals surface area contributed by atoms with E-state index in [0.717, 1.165) is 32.4 Å². The number of nitrogens with one attached hydrogen (secondary N) is 2. The van der Waals surface area contributed by atoms with E-state index in [1.165, 1.54) is 5.56 Å². The van der Waals surface area contributed by atoms with E-state index in [1.54, 1.807) is 0 Å². The predicted molar refractivity (Wildman–Crippen MR) is 78.0 cm³/mol. The molecule has 1 aliphatic rings. The van der Waals surface area contributed by atoms with Gasteiger partial charge in [-0.3, -0.25) is 4.79 Å². The summed E-state index contributed by atoms with van der Waals surface area (Å²) >= 11 is 0. The second kappa shape index (κ2) is 6.20. The minimum absolute atomic E-state index is 0.180. The van der Waals surface area contributed by atoms with Crippen molar-refractivity contribution in [2.75, 3.05) is 13.1 Å². The third kappa shape index (κ3) is 3.35. The van der Waals surface area contributed by atoms with Gasteiger partial charge in [0.1, 0.15) is 0 Å². The lowest BCUT2D eigenvalue weighted by molar-refractivity contribution is -0.130. The number of amides is 1. The standard InChI is InChI=1S/C16H24N2O/c1-3-16(9-10-17-12-16)15(19)18-13(2)11-14-7-5-4-6-8-14/h4-8,13,17H,3,9-12H2,1-2H3,(H,18,19). The molecule has 2 atom stereocenters. The fourth-order valence-corrected chi connectivity index (χ4v) is 2.80.